The summed E-state index contributed by atoms with van der Waals surface area (Å²) in [4.78, 5) is 27.0. The van der Waals surface area contributed by atoms with Crippen LogP contribution in [0.5, 0.6) is 0 Å². The Balaban J connectivity index is 2.05. The predicted octanol–water partition coefficient (Wildman–Crippen LogP) is 2.17. The molecule has 0 heterocycles. The maximum atomic E-state index is 13.1. The lowest BCUT2D eigenvalue weighted by Gasteiger charge is -2.27. The number of halogens is 1. The van der Waals surface area contributed by atoms with Crippen molar-refractivity contribution in [3.63, 3.8) is 0 Å². The fourth-order valence-corrected chi connectivity index (χ4v) is 2.43. The second-order valence-corrected chi connectivity index (χ2v) is 5.85. The van der Waals surface area contributed by atoms with E-state index in [1.807, 2.05) is 30.3 Å². The molecule has 0 spiro atoms. The van der Waals surface area contributed by atoms with Gasteiger partial charge in [0.1, 0.15) is 5.82 Å². The zero-order valence-electron chi connectivity index (χ0n) is 14.2. The third kappa shape index (κ3) is 5.91. The van der Waals surface area contributed by atoms with Gasteiger partial charge in [0.25, 0.3) is 0 Å². The third-order valence-electron chi connectivity index (χ3n) is 3.83. The number of nitrogens with zero attached hydrogens (tertiary/aromatic N) is 2. The molecule has 2 aromatic carbocycles. The van der Waals surface area contributed by atoms with E-state index in [1.54, 1.807) is 29.0 Å². The highest BCUT2D eigenvalue weighted by Crippen LogP contribution is 2.16. The highest BCUT2D eigenvalue weighted by molar-refractivity contribution is 5.82. The molecule has 0 aliphatic heterocycles. The molecule has 2 amide bonds. The fourth-order valence-electron chi connectivity index (χ4n) is 2.43. The zero-order chi connectivity index (χ0) is 18.2. The number of likely N-dealkylation sites (N-methyl/N-ethyl adjacent to an activating group) is 1. The molecule has 2 aromatic rings. The normalized spacial score (nSPS) is 10.3. The number of primary amides is 1. The van der Waals surface area contributed by atoms with Crippen LogP contribution in [0, 0.1) is 5.82 Å². The minimum Gasteiger partial charge on any atom is -0.370 e. The van der Waals surface area contributed by atoms with Crippen molar-refractivity contribution in [1.82, 2.24) is 4.90 Å². The van der Waals surface area contributed by atoms with Crippen molar-refractivity contribution in [2.75, 3.05) is 25.0 Å². The number of rotatable bonds is 8. The lowest BCUT2D eigenvalue weighted by molar-refractivity contribution is -0.129. The Morgan fingerprint density at radius 1 is 1.04 bits per heavy atom. The molecule has 0 saturated heterocycles. The molecule has 2 rings (SSSR count). The van der Waals surface area contributed by atoms with Crippen molar-refractivity contribution in [3.8, 4) is 0 Å². The van der Waals surface area contributed by atoms with E-state index in [0.717, 1.165) is 5.56 Å². The van der Waals surface area contributed by atoms with E-state index in [1.165, 1.54) is 12.1 Å². The molecule has 0 aliphatic carbocycles. The second kappa shape index (κ2) is 8.82. The van der Waals surface area contributed by atoms with E-state index in [9.17, 15) is 14.0 Å². The van der Waals surface area contributed by atoms with Crippen molar-refractivity contribution < 1.29 is 14.0 Å². The first-order valence-electron chi connectivity index (χ1n) is 8.02. The van der Waals surface area contributed by atoms with Crippen molar-refractivity contribution in [2.24, 2.45) is 5.73 Å². The van der Waals surface area contributed by atoms with Gasteiger partial charge in [-0.05, 0) is 29.8 Å². The smallest absolute Gasteiger partial charge is 0.242 e. The molecule has 132 valence electrons. The van der Waals surface area contributed by atoms with E-state index >= 15 is 0 Å². The Morgan fingerprint density at radius 3 is 2.28 bits per heavy atom. The van der Waals surface area contributed by atoms with Gasteiger partial charge in [0.15, 0.2) is 0 Å². The van der Waals surface area contributed by atoms with Crippen LogP contribution in [0.25, 0.3) is 0 Å². The first-order valence-corrected chi connectivity index (χ1v) is 8.02. The SMILES string of the molecule is CN(Cc1ccccc1)C(=O)CN(CCC(N)=O)c1ccc(F)cc1. The quantitative estimate of drug-likeness (QED) is 0.799. The standard InChI is InChI=1S/C19H22FN3O2/c1-22(13-15-5-3-2-4-6-15)19(25)14-23(12-11-18(21)24)17-9-7-16(20)8-10-17/h2-10H,11-14H2,1H3,(H2,21,24). The summed E-state index contributed by atoms with van der Waals surface area (Å²) in [5, 5.41) is 0. The van der Waals surface area contributed by atoms with Crippen molar-refractivity contribution in [3.05, 3.63) is 66.0 Å². The van der Waals surface area contributed by atoms with E-state index in [2.05, 4.69) is 0 Å². The lowest BCUT2D eigenvalue weighted by atomic mass is 10.2. The van der Waals surface area contributed by atoms with Crippen LogP contribution in [-0.2, 0) is 16.1 Å². The van der Waals surface area contributed by atoms with E-state index in [0.29, 0.717) is 18.8 Å². The van der Waals surface area contributed by atoms with Gasteiger partial charge in [-0.2, -0.15) is 0 Å². The van der Waals surface area contributed by atoms with Gasteiger partial charge >= 0.3 is 0 Å². The average Bonchev–Trinajstić information content (AvgIpc) is 2.60. The number of hydrogen-bond acceptors (Lipinski definition) is 3. The van der Waals surface area contributed by atoms with Crippen LogP contribution < -0.4 is 10.6 Å². The lowest BCUT2D eigenvalue weighted by Crippen LogP contribution is -2.39. The summed E-state index contributed by atoms with van der Waals surface area (Å²) in [5.41, 5.74) is 6.92. The highest BCUT2D eigenvalue weighted by atomic mass is 19.1. The Morgan fingerprint density at radius 2 is 1.68 bits per heavy atom. The Kier molecular flexibility index (Phi) is 6.51. The molecule has 2 N–H and O–H groups in total. The molecule has 0 aliphatic rings. The van der Waals surface area contributed by atoms with E-state index in [-0.39, 0.29) is 24.7 Å². The molecule has 0 saturated carbocycles. The highest BCUT2D eigenvalue weighted by Gasteiger charge is 2.16. The van der Waals surface area contributed by atoms with Crippen LogP contribution in [-0.4, -0.2) is 36.9 Å². The largest absolute Gasteiger partial charge is 0.370 e. The third-order valence-corrected chi connectivity index (χ3v) is 3.83. The minimum absolute atomic E-state index is 0.0856. The van der Waals surface area contributed by atoms with Crippen LogP contribution in [0.1, 0.15) is 12.0 Å². The molecular weight excluding hydrogens is 321 g/mol. The summed E-state index contributed by atoms with van der Waals surface area (Å²) in [5.74, 6) is -0.902. The van der Waals surface area contributed by atoms with Crippen LogP contribution in [0.4, 0.5) is 10.1 Å². The molecule has 0 unspecified atom stereocenters. The van der Waals surface area contributed by atoms with Crippen LogP contribution >= 0.6 is 0 Å². The first-order chi connectivity index (χ1) is 12.0. The van der Waals surface area contributed by atoms with Crippen LogP contribution in [0.3, 0.4) is 0 Å². The van der Waals surface area contributed by atoms with Crippen LogP contribution in [0.15, 0.2) is 54.6 Å². The molecule has 0 fully saturated rings. The molecule has 0 bridgehead atoms. The molecule has 0 radical (unpaired) electrons. The van der Waals surface area contributed by atoms with E-state index < -0.39 is 5.91 Å². The summed E-state index contributed by atoms with van der Waals surface area (Å²) >= 11 is 0. The van der Waals surface area contributed by atoms with Crippen molar-refractivity contribution in [2.45, 2.75) is 13.0 Å². The number of carbonyl (C=O) groups excluding carboxylic acids is 2. The van der Waals surface area contributed by atoms with Gasteiger partial charge in [0, 0.05) is 32.2 Å². The topological polar surface area (TPSA) is 66.6 Å². The number of carbonyl (C=O) groups is 2. The molecule has 0 aromatic heterocycles. The molecule has 0 atom stereocenters. The second-order valence-electron chi connectivity index (χ2n) is 5.85. The van der Waals surface area contributed by atoms with Gasteiger partial charge in [-0.1, -0.05) is 30.3 Å². The average molecular weight is 343 g/mol. The van der Waals surface area contributed by atoms with Gasteiger partial charge in [-0.15, -0.1) is 0 Å². The maximum absolute atomic E-state index is 13.1. The van der Waals surface area contributed by atoms with Crippen molar-refractivity contribution in [1.29, 1.82) is 0 Å². The van der Waals surface area contributed by atoms with Gasteiger partial charge in [-0.3, -0.25) is 9.59 Å². The fraction of sp³-hybridized carbons (Fsp3) is 0.263. The number of anilines is 1. The predicted molar refractivity (Wildman–Crippen MR) is 95.3 cm³/mol. The Labute approximate surface area is 146 Å². The summed E-state index contributed by atoms with van der Waals surface area (Å²) in [6.07, 6.45) is 0.118. The Hall–Kier alpha value is -2.89. The first kappa shape index (κ1) is 18.4. The van der Waals surface area contributed by atoms with Gasteiger partial charge < -0.3 is 15.5 Å². The maximum Gasteiger partial charge on any atom is 0.242 e. The van der Waals surface area contributed by atoms with Gasteiger partial charge in [-0.25, -0.2) is 4.39 Å². The number of hydrogen-bond donors (Lipinski definition) is 1. The summed E-state index contributed by atoms with van der Waals surface area (Å²) < 4.78 is 13.1. The summed E-state index contributed by atoms with van der Waals surface area (Å²) in [7, 11) is 1.73. The zero-order valence-corrected chi connectivity index (χ0v) is 14.2. The minimum atomic E-state index is -0.447. The molecule has 25 heavy (non-hydrogen) atoms. The molecule has 5 nitrogen and oxygen atoms in total. The monoisotopic (exact) mass is 343 g/mol. The van der Waals surface area contributed by atoms with Gasteiger partial charge in [0.2, 0.25) is 11.8 Å². The van der Waals surface area contributed by atoms with Crippen LogP contribution in [0.2, 0.25) is 0 Å². The van der Waals surface area contributed by atoms with E-state index in [4.69, 9.17) is 5.73 Å². The van der Waals surface area contributed by atoms with Crippen molar-refractivity contribution >= 4 is 17.5 Å². The number of benzene rings is 2. The Bertz CT molecular complexity index is 704. The molecular formula is C19H22FN3O2. The number of amides is 2. The summed E-state index contributed by atoms with van der Waals surface area (Å²) in [6, 6.07) is 15.5. The molecule has 6 heteroatoms. The van der Waals surface area contributed by atoms with Gasteiger partial charge in [0.05, 0.1) is 6.54 Å². The number of nitrogens with two attached hydrogens (primary N) is 1. The summed E-state index contributed by atoms with van der Waals surface area (Å²) in [6.45, 7) is 0.876.